The number of anilines is 1. The maximum absolute atomic E-state index is 11.1. The van der Waals surface area contributed by atoms with E-state index in [9.17, 15) is 4.79 Å². The van der Waals surface area contributed by atoms with Crippen LogP contribution in [0.1, 0.15) is 15.9 Å². The second-order valence-electron chi connectivity index (χ2n) is 4.65. The zero-order valence-electron chi connectivity index (χ0n) is 12.5. The number of rotatable bonds is 6. The van der Waals surface area contributed by atoms with Crippen molar-refractivity contribution in [3.8, 4) is 11.5 Å². The summed E-state index contributed by atoms with van der Waals surface area (Å²) in [5.74, 6) is 0.0107. The Balaban J connectivity index is 2.26. The summed E-state index contributed by atoms with van der Waals surface area (Å²) in [6.07, 6.45) is 0. The van der Waals surface area contributed by atoms with Gasteiger partial charge in [0.05, 0.1) is 24.8 Å². The summed E-state index contributed by atoms with van der Waals surface area (Å²) in [4.78, 5) is 11.1. The third-order valence-electron chi connectivity index (χ3n) is 3.20. The first-order chi connectivity index (χ1) is 11.0. The molecule has 0 radical (unpaired) electrons. The van der Waals surface area contributed by atoms with Crippen molar-refractivity contribution in [2.24, 2.45) is 0 Å². The molecule has 0 atom stereocenters. The van der Waals surface area contributed by atoms with Crippen molar-refractivity contribution >= 4 is 34.9 Å². The number of aromatic carboxylic acids is 1. The number of carboxylic acid groups (broad SMARTS) is 1. The molecule has 0 aliphatic rings. The molecule has 0 unspecified atom stereocenters. The van der Waals surface area contributed by atoms with Gasteiger partial charge in [0, 0.05) is 28.9 Å². The fourth-order valence-electron chi connectivity index (χ4n) is 2.13. The monoisotopic (exact) mass is 355 g/mol. The van der Waals surface area contributed by atoms with Crippen LogP contribution in [-0.4, -0.2) is 25.3 Å². The van der Waals surface area contributed by atoms with Gasteiger partial charge < -0.3 is 19.9 Å². The second kappa shape index (κ2) is 7.44. The van der Waals surface area contributed by atoms with E-state index in [0.29, 0.717) is 28.8 Å². The van der Waals surface area contributed by atoms with Crippen LogP contribution in [0.25, 0.3) is 0 Å². The van der Waals surface area contributed by atoms with Crippen molar-refractivity contribution in [3.05, 3.63) is 51.5 Å². The number of ether oxygens (including phenoxy) is 2. The van der Waals surface area contributed by atoms with Gasteiger partial charge >= 0.3 is 5.97 Å². The lowest BCUT2D eigenvalue weighted by Gasteiger charge is -2.15. The molecular formula is C16H15Cl2NO4. The molecule has 0 saturated heterocycles. The summed E-state index contributed by atoms with van der Waals surface area (Å²) in [6, 6.07) is 8.11. The van der Waals surface area contributed by atoms with E-state index in [1.165, 1.54) is 19.2 Å². The third-order valence-corrected chi connectivity index (χ3v) is 3.75. The van der Waals surface area contributed by atoms with Gasteiger partial charge in [0.1, 0.15) is 0 Å². The zero-order chi connectivity index (χ0) is 17.0. The molecule has 23 heavy (non-hydrogen) atoms. The molecule has 0 aromatic heterocycles. The highest BCUT2D eigenvalue weighted by Crippen LogP contribution is 2.35. The summed E-state index contributed by atoms with van der Waals surface area (Å²) in [6.45, 7) is 0.376. The highest BCUT2D eigenvalue weighted by atomic mass is 35.5. The fraction of sp³-hybridized carbons (Fsp3) is 0.188. The smallest absolute Gasteiger partial charge is 0.337 e. The molecule has 2 aromatic rings. The minimum absolute atomic E-state index is 0.0345. The Morgan fingerprint density at radius 3 is 2.52 bits per heavy atom. The number of benzene rings is 2. The second-order valence-corrected chi connectivity index (χ2v) is 5.50. The minimum atomic E-state index is -1.08. The van der Waals surface area contributed by atoms with Crippen LogP contribution >= 0.6 is 23.2 Å². The molecule has 2 aromatic carbocycles. The number of carbonyl (C=O) groups is 1. The van der Waals surface area contributed by atoms with Crippen LogP contribution in [0.5, 0.6) is 11.5 Å². The van der Waals surface area contributed by atoms with Crippen LogP contribution in [0.2, 0.25) is 10.0 Å². The summed E-state index contributed by atoms with van der Waals surface area (Å²) >= 11 is 11.9. The van der Waals surface area contributed by atoms with Gasteiger partial charge in [-0.3, -0.25) is 0 Å². The van der Waals surface area contributed by atoms with Crippen molar-refractivity contribution in [1.29, 1.82) is 0 Å². The van der Waals surface area contributed by atoms with Crippen molar-refractivity contribution < 1.29 is 19.4 Å². The quantitative estimate of drug-likeness (QED) is 0.807. The standard InChI is InChI=1S/C16H15Cl2NO4/c1-22-14-6-10(17)5-9(15(14)23-2)8-19-11-3-4-13(18)12(7-11)16(20)21/h3-7,19H,8H2,1-2H3,(H,20,21). The van der Waals surface area contributed by atoms with E-state index in [0.717, 1.165) is 5.56 Å². The van der Waals surface area contributed by atoms with Gasteiger partial charge in [-0.05, 0) is 24.3 Å². The predicted octanol–water partition coefficient (Wildman–Crippen LogP) is 4.32. The molecule has 0 amide bonds. The summed E-state index contributed by atoms with van der Waals surface area (Å²) in [5, 5.41) is 12.9. The van der Waals surface area contributed by atoms with E-state index in [1.54, 1.807) is 25.3 Å². The van der Waals surface area contributed by atoms with Gasteiger partial charge in [-0.15, -0.1) is 0 Å². The molecule has 2 N–H and O–H groups in total. The van der Waals surface area contributed by atoms with Gasteiger partial charge in [-0.2, -0.15) is 0 Å². The maximum Gasteiger partial charge on any atom is 0.337 e. The average Bonchev–Trinajstić information content (AvgIpc) is 2.53. The highest BCUT2D eigenvalue weighted by molar-refractivity contribution is 6.33. The van der Waals surface area contributed by atoms with Gasteiger partial charge in [0.2, 0.25) is 0 Å². The molecule has 0 heterocycles. The molecule has 0 aliphatic heterocycles. The molecular weight excluding hydrogens is 341 g/mol. The Bertz CT molecular complexity index is 734. The van der Waals surface area contributed by atoms with Gasteiger partial charge in [0.15, 0.2) is 11.5 Å². The lowest BCUT2D eigenvalue weighted by Crippen LogP contribution is -2.05. The maximum atomic E-state index is 11.1. The molecule has 0 saturated carbocycles. The van der Waals surface area contributed by atoms with Crippen molar-refractivity contribution in [3.63, 3.8) is 0 Å². The van der Waals surface area contributed by atoms with Crippen molar-refractivity contribution in [2.45, 2.75) is 6.54 Å². The van der Waals surface area contributed by atoms with Crippen LogP contribution in [0.15, 0.2) is 30.3 Å². The third kappa shape index (κ3) is 4.00. The first-order valence-electron chi connectivity index (χ1n) is 6.63. The fourth-order valence-corrected chi connectivity index (χ4v) is 2.56. The number of carboxylic acids is 1. The van der Waals surface area contributed by atoms with Crippen molar-refractivity contribution in [2.75, 3.05) is 19.5 Å². The Morgan fingerprint density at radius 2 is 1.91 bits per heavy atom. The molecule has 0 spiro atoms. The number of nitrogens with one attached hydrogen (secondary N) is 1. The largest absolute Gasteiger partial charge is 0.493 e. The van der Waals surface area contributed by atoms with E-state index < -0.39 is 5.97 Å². The number of hydrogen-bond donors (Lipinski definition) is 2. The van der Waals surface area contributed by atoms with Crippen LogP contribution in [-0.2, 0) is 6.54 Å². The minimum Gasteiger partial charge on any atom is -0.493 e. The Labute approximate surface area is 143 Å². The Hall–Kier alpha value is -2.11. The zero-order valence-corrected chi connectivity index (χ0v) is 14.0. The van der Waals surface area contributed by atoms with Crippen LogP contribution in [0.3, 0.4) is 0 Å². The summed E-state index contributed by atoms with van der Waals surface area (Å²) in [7, 11) is 3.07. The summed E-state index contributed by atoms with van der Waals surface area (Å²) < 4.78 is 10.6. The van der Waals surface area contributed by atoms with E-state index in [-0.39, 0.29) is 10.6 Å². The van der Waals surface area contributed by atoms with Crippen LogP contribution < -0.4 is 14.8 Å². The van der Waals surface area contributed by atoms with E-state index in [4.69, 9.17) is 37.8 Å². The molecule has 0 bridgehead atoms. The molecule has 5 nitrogen and oxygen atoms in total. The lowest BCUT2D eigenvalue weighted by molar-refractivity contribution is 0.0697. The molecule has 2 rings (SSSR count). The van der Waals surface area contributed by atoms with E-state index in [2.05, 4.69) is 5.32 Å². The first-order valence-corrected chi connectivity index (χ1v) is 7.39. The highest BCUT2D eigenvalue weighted by Gasteiger charge is 2.13. The topological polar surface area (TPSA) is 67.8 Å². The van der Waals surface area contributed by atoms with Crippen LogP contribution in [0.4, 0.5) is 5.69 Å². The molecule has 0 fully saturated rings. The Morgan fingerprint density at radius 1 is 1.17 bits per heavy atom. The molecule has 0 aliphatic carbocycles. The average molecular weight is 356 g/mol. The first kappa shape index (κ1) is 17.2. The normalized spacial score (nSPS) is 10.3. The summed E-state index contributed by atoms with van der Waals surface area (Å²) in [5.41, 5.74) is 1.43. The SMILES string of the molecule is COc1cc(Cl)cc(CNc2ccc(Cl)c(C(=O)O)c2)c1OC. The van der Waals surface area contributed by atoms with E-state index in [1.807, 2.05) is 0 Å². The number of halogens is 2. The van der Waals surface area contributed by atoms with Gasteiger partial charge in [-0.1, -0.05) is 23.2 Å². The lowest BCUT2D eigenvalue weighted by atomic mass is 10.1. The Kier molecular flexibility index (Phi) is 5.58. The van der Waals surface area contributed by atoms with Gasteiger partial charge in [0.25, 0.3) is 0 Å². The van der Waals surface area contributed by atoms with Crippen molar-refractivity contribution in [1.82, 2.24) is 0 Å². The van der Waals surface area contributed by atoms with Crippen LogP contribution in [0, 0.1) is 0 Å². The number of methoxy groups -OCH3 is 2. The van der Waals surface area contributed by atoms with E-state index >= 15 is 0 Å². The molecule has 7 heteroatoms. The molecule has 122 valence electrons. The predicted molar refractivity (Wildman–Crippen MR) is 90.3 cm³/mol. The number of hydrogen-bond acceptors (Lipinski definition) is 4. The van der Waals surface area contributed by atoms with Gasteiger partial charge in [-0.25, -0.2) is 4.79 Å².